The predicted octanol–water partition coefficient (Wildman–Crippen LogP) is 2.20. The van der Waals surface area contributed by atoms with Crippen LogP contribution in [0.25, 0.3) is 0 Å². The summed E-state index contributed by atoms with van der Waals surface area (Å²) in [6.45, 7) is 0.882. The summed E-state index contributed by atoms with van der Waals surface area (Å²) in [5.74, 6) is 1.83. The van der Waals surface area contributed by atoms with E-state index >= 15 is 0 Å². The van der Waals surface area contributed by atoms with Gasteiger partial charge in [-0.1, -0.05) is 12.1 Å². The number of carbonyl (C=O) groups excluding carboxylic acids is 1. The van der Waals surface area contributed by atoms with Gasteiger partial charge in [0.2, 0.25) is 15.9 Å². The lowest BCUT2D eigenvalue weighted by molar-refractivity contribution is -0.121. The van der Waals surface area contributed by atoms with Crippen LogP contribution in [0.5, 0.6) is 17.2 Å². The second-order valence-electron chi connectivity index (χ2n) is 6.94. The third kappa shape index (κ3) is 5.79. The smallest absolute Gasteiger partial charge is 0.232 e. The van der Waals surface area contributed by atoms with Crippen LogP contribution in [0.15, 0.2) is 48.5 Å². The van der Waals surface area contributed by atoms with Crippen LogP contribution < -0.4 is 23.8 Å². The number of rotatable bonds is 9. The van der Waals surface area contributed by atoms with Crippen molar-refractivity contribution in [1.82, 2.24) is 5.32 Å². The predicted molar refractivity (Wildman–Crippen MR) is 114 cm³/mol. The maximum Gasteiger partial charge on any atom is 0.232 e. The van der Waals surface area contributed by atoms with E-state index in [1.807, 2.05) is 24.3 Å². The highest BCUT2D eigenvalue weighted by Crippen LogP contribution is 2.30. The summed E-state index contributed by atoms with van der Waals surface area (Å²) in [7, 11) is -1.92. The normalized spacial score (nSPS) is 15.3. The van der Waals surface area contributed by atoms with Gasteiger partial charge in [-0.05, 0) is 42.8 Å². The van der Waals surface area contributed by atoms with Crippen LogP contribution in [-0.2, 0) is 14.8 Å². The maximum atomic E-state index is 12.2. The zero-order valence-corrected chi connectivity index (χ0v) is 17.9. The van der Waals surface area contributed by atoms with Crippen molar-refractivity contribution in [3.8, 4) is 17.2 Å². The third-order valence-electron chi connectivity index (χ3n) is 4.62. The molecule has 2 aromatic carbocycles. The minimum atomic E-state index is -3.47. The molecule has 0 spiro atoms. The Morgan fingerprint density at radius 3 is 2.53 bits per heavy atom. The summed E-state index contributed by atoms with van der Waals surface area (Å²) in [5.41, 5.74) is 0.533. The van der Waals surface area contributed by atoms with E-state index in [1.54, 1.807) is 31.4 Å². The van der Waals surface area contributed by atoms with E-state index in [-0.39, 0.29) is 25.0 Å². The molecule has 30 heavy (non-hydrogen) atoms. The van der Waals surface area contributed by atoms with Gasteiger partial charge in [-0.25, -0.2) is 8.42 Å². The molecule has 8 nitrogen and oxygen atoms in total. The van der Waals surface area contributed by atoms with Gasteiger partial charge in [-0.2, -0.15) is 0 Å². The van der Waals surface area contributed by atoms with Crippen molar-refractivity contribution in [2.45, 2.75) is 18.9 Å². The molecule has 9 heteroatoms. The fraction of sp³-hybridized carbons (Fsp3) is 0.381. The average Bonchev–Trinajstić information content (AvgIpc) is 2.74. The van der Waals surface area contributed by atoms with Crippen LogP contribution >= 0.6 is 0 Å². The van der Waals surface area contributed by atoms with Crippen LogP contribution in [0, 0.1) is 0 Å². The first-order chi connectivity index (χ1) is 14.4. The molecular weight excluding hydrogens is 408 g/mol. The Morgan fingerprint density at radius 2 is 1.87 bits per heavy atom. The number of ether oxygens (including phenoxy) is 3. The van der Waals surface area contributed by atoms with Gasteiger partial charge in [-0.3, -0.25) is 9.10 Å². The van der Waals surface area contributed by atoms with E-state index in [0.717, 1.165) is 6.26 Å². The number of methoxy groups -OCH3 is 1. The number of anilines is 1. The Labute approximate surface area is 176 Å². The van der Waals surface area contributed by atoms with Crippen molar-refractivity contribution in [3.63, 3.8) is 0 Å². The minimum absolute atomic E-state index is 0.166. The Kier molecular flexibility index (Phi) is 7.04. The number of amides is 1. The number of nitrogens with zero attached hydrogens (tertiary/aromatic N) is 1. The van der Waals surface area contributed by atoms with E-state index in [2.05, 4.69) is 5.32 Å². The number of fused-ring (bicyclic) bond motifs is 1. The largest absolute Gasteiger partial charge is 0.497 e. The molecule has 2 aromatic rings. The van der Waals surface area contributed by atoms with Crippen LogP contribution in [0.3, 0.4) is 0 Å². The van der Waals surface area contributed by atoms with Gasteiger partial charge in [0.15, 0.2) is 11.5 Å². The van der Waals surface area contributed by atoms with E-state index in [9.17, 15) is 13.2 Å². The van der Waals surface area contributed by atoms with Gasteiger partial charge in [0.05, 0.1) is 25.6 Å². The minimum Gasteiger partial charge on any atom is -0.497 e. The molecule has 1 amide bonds. The van der Waals surface area contributed by atoms with Gasteiger partial charge in [-0.15, -0.1) is 0 Å². The highest BCUT2D eigenvalue weighted by molar-refractivity contribution is 7.92. The molecule has 0 aliphatic carbocycles. The molecule has 0 unspecified atom stereocenters. The molecule has 1 aliphatic heterocycles. The zero-order valence-electron chi connectivity index (χ0n) is 17.0. The molecule has 0 bridgehead atoms. The molecule has 1 atom stereocenters. The molecule has 0 aromatic heterocycles. The van der Waals surface area contributed by atoms with Crippen LogP contribution in [-0.4, -0.2) is 53.5 Å². The Morgan fingerprint density at radius 1 is 1.17 bits per heavy atom. The lowest BCUT2D eigenvalue weighted by atomic mass is 10.2. The van der Waals surface area contributed by atoms with Gasteiger partial charge < -0.3 is 19.5 Å². The first kappa shape index (κ1) is 21.8. The summed E-state index contributed by atoms with van der Waals surface area (Å²) in [6.07, 6.45) is 1.47. The highest BCUT2D eigenvalue weighted by Gasteiger charge is 2.21. The average molecular weight is 435 g/mol. The Bertz CT molecular complexity index is 962. The van der Waals surface area contributed by atoms with Gasteiger partial charge in [0.25, 0.3) is 0 Å². The topological polar surface area (TPSA) is 94.2 Å². The van der Waals surface area contributed by atoms with E-state index in [1.165, 1.54) is 4.31 Å². The Balaban J connectivity index is 1.46. The summed E-state index contributed by atoms with van der Waals surface area (Å²) in [4.78, 5) is 12.2. The first-order valence-corrected chi connectivity index (χ1v) is 11.5. The summed E-state index contributed by atoms with van der Waals surface area (Å²) < 4.78 is 42.1. The lowest BCUT2D eigenvalue weighted by Gasteiger charge is -2.26. The molecule has 0 radical (unpaired) electrons. The van der Waals surface area contributed by atoms with Gasteiger partial charge >= 0.3 is 0 Å². The summed E-state index contributed by atoms with van der Waals surface area (Å²) in [5, 5.41) is 2.82. The molecule has 0 saturated heterocycles. The fourth-order valence-corrected chi connectivity index (χ4v) is 4.06. The quantitative estimate of drug-likeness (QED) is 0.650. The first-order valence-electron chi connectivity index (χ1n) is 9.64. The second-order valence-corrected chi connectivity index (χ2v) is 8.85. The van der Waals surface area contributed by atoms with Crippen LogP contribution in [0.2, 0.25) is 0 Å². The van der Waals surface area contributed by atoms with Crippen molar-refractivity contribution < 1.29 is 27.4 Å². The highest BCUT2D eigenvalue weighted by atomic mass is 32.2. The monoisotopic (exact) mass is 434 g/mol. The Hall–Kier alpha value is -2.94. The standard InChI is InChI=1S/C21H26N2O6S/c1-27-17-11-9-16(10-12-17)23(30(2,25)26)13-5-8-21(24)22-14-18-15-28-19-6-3-4-7-20(19)29-18/h3-4,6-7,9-12,18H,5,8,13-15H2,1-2H3,(H,22,24)/t18-/m0/s1. The van der Waals surface area contributed by atoms with Crippen molar-refractivity contribution in [1.29, 1.82) is 0 Å². The molecule has 1 heterocycles. The van der Waals surface area contributed by atoms with Gasteiger partial charge in [0, 0.05) is 13.0 Å². The summed E-state index contributed by atoms with van der Waals surface area (Å²) >= 11 is 0. The number of hydrogen-bond donors (Lipinski definition) is 1. The molecule has 3 rings (SSSR count). The molecular formula is C21H26N2O6S. The van der Waals surface area contributed by atoms with Gasteiger partial charge in [0.1, 0.15) is 18.5 Å². The number of nitrogens with one attached hydrogen (secondary N) is 1. The van der Waals surface area contributed by atoms with Crippen molar-refractivity contribution in [3.05, 3.63) is 48.5 Å². The number of hydrogen-bond acceptors (Lipinski definition) is 6. The SMILES string of the molecule is COc1ccc(N(CCCC(=O)NC[C@H]2COc3ccccc3O2)S(C)(=O)=O)cc1. The van der Waals surface area contributed by atoms with Crippen molar-refractivity contribution in [2.24, 2.45) is 0 Å². The maximum absolute atomic E-state index is 12.2. The molecule has 0 saturated carbocycles. The summed E-state index contributed by atoms with van der Waals surface area (Å²) in [6, 6.07) is 14.1. The molecule has 1 N–H and O–H groups in total. The number of para-hydroxylation sites is 2. The molecule has 1 aliphatic rings. The fourth-order valence-electron chi connectivity index (χ4n) is 3.10. The van der Waals surface area contributed by atoms with Crippen LogP contribution in [0.4, 0.5) is 5.69 Å². The second kappa shape index (κ2) is 9.71. The van der Waals surface area contributed by atoms with E-state index in [0.29, 0.717) is 42.5 Å². The van der Waals surface area contributed by atoms with E-state index in [4.69, 9.17) is 14.2 Å². The van der Waals surface area contributed by atoms with Crippen molar-refractivity contribution >= 4 is 21.6 Å². The number of benzene rings is 2. The molecule has 0 fully saturated rings. The molecule has 162 valence electrons. The van der Waals surface area contributed by atoms with E-state index < -0.39 is 10.0 Å². The van der Waals surface area contributed by atoms with Crippen LogP contribution in [0.1, 0.15) is 12.8 Å². The zero-order chi connectivity index (χ0) is 21.6. The number of carbonyl (C=O) groups is 1. The number of sulfonamides is 1. The third-order valence-corrected chi connectivity index (χ3v) is 5.81. The lowest BCUT2D eigenvalue weighted by Crippen LogP contribution is -2.41. The van der Waals surface area contributed by atoms with Crippen molar-refractivity contribution in [2.75, 3.05) is 37.4 Å².